The van der Waals surface area contributed by atoms with Gasteiger partial charge in [0.2, 0.25) is 5.91 Å². The van der Waals surface area contributed by atoms with Crippen molar-refractivity contribution in [1.29, 1.82) is 0 Å². The number of nitrogens with one attached hydrogen (secondary N) is 1. The summed E-state index contributed by atoms with van der Waals surface area (Å²) in [5.74, 6) is -0.580. The lowest BCUT2D eigenvalue weighted by Crippen LogP contribution is -2.29. The second kappa shape index (κ2) is 3.98. The van der Waals surface area contributed by atoms with Gasteiger partial charge in [-0.25, -0.2) is 4.39 Å². The molecule has 1 aliphatic rings. The molecule has 1 aliphatic carbocycles. The standard InChI is InChI=1S/C11H12FNO2/c12-9-4-2-1-3-7(9)8-5-10(8)13-11(15)6-14/h1-4,8,10,14H,5-6H2,(H,13,15). The Morgan fingerprint density at radius 2 is 2.27 bits per heavy atom. The summed E-state index contributed by atoms with van der Waals surface area (Å²) in [5, 5.41) is 11.2. The molecule has 0 aromatic heterocycles. The van der Waals surface area contributed by atoms with E-state index in [4.69, 9.17) is 5.11 Å². The molecule has 1 amide bonds. The van der Waals surface area contributed by atoms with Gasteiger partial charge in [0, 0.05) is 12.0 Å². The molecule has 0 aliphatic heterocycles. The van der Waals surface area contributed by atoms with Crippen molar-refractivity contribution in [3.63, 3.8) is 0 Å². The molecule has 4 heteroatoms. The number of aliphatic hydroxyl groups excluding tert-OH is 1. The first kappa shape index (κ1) is 10.1. The van der Waals surface area contributed by atoms with Crippen LogP contribution in [0.5, 0.6) is 0 Å². The lowest BCUT2D eigenvalue weighted by molar-refractivity contribution is -0.123. The van der Waals surface area contributed by atoms with Crippen molar-refractivity contribution in [3.8, 4) is 0 Å². The normalized spacial score (nSPS) is 23.6. The predicted molar refractivity (Wildman–Crippen MR) is 52.8 cm³/mol. The summed E-state index contributed by atoms with van der Waals surface area (Å²) in [4.78, 5) is 10.9. The molecule has 0 heterocycles. The second-order valence-electron chi connectivity index (χ2n) is 3.70. The number of amides is 1. The molecule has 80 valence electrons. The fourth-order valence-electron chi connectivity index (χ4n) is 1.73. The number of carbonyl (C=O) groups is 1. The van der Waals surface area contributed by atoms with Crippen LogP contribution in [0.2, 0.25) is 0 Å². The van der Waals surface area contributed by atoms with Crippen molar-refractivity contribution in [1.82, 2.24) is 5.32 Å². The van der Waals surface area contributed by atoms with Crippen LogP contribution in [0.4, 0.5) is 4.39 Å². The highest BCUT2D eigenvalue weighted by atomic mass is 19.1. The maximum absolute atomic E-state index is 13.3. The third-order valence-electron chi connectivity index (χ3n) is 2.59. The van der Waals surface area contributed by atoms with Gasteiger partial charge in [-0.1, -0.05) is 18.2 Å². The largest absolute Gasteiger partial charge is 0.387 e. The maximum Gasteiger partial charge on any atom is 0.245 e. The Morgan fingerprint density at radius 1 is 1.53 bits per heavy atom. The van der Waals surface area contributed by atoms with Gasteiger partial charge in [-0.2, -0.15) is 0 Å². The number of benzene rings is 1. The van der Waals surface area contributed by atoms with E-state index < -0.39 is 12.5 Å². The highest BCUT2D eigenvalue weighted by Crippen LogP contribution is 2.41. The van der Waals surface area contributed by atoms with E-state index in [1.165, 1.54) is 6.07 Å². The molecular weight excluding hydrogens is 197 g/mol. The zero-order valence-electron chi connectivity index (χ0n) is 8.11. The molecule has 0 bridgehead atoms. The number of hydrogen-bond donors (Lipinski definition) is 2. The fraction of sp³-hybridized carbons (Fsp3) is 0.364. The Morgan fingerprint density at radius 3 is 2.93 bits per heavy atom. The van der Waals surface area contributed by atoms with Gasteiger partial charge in [0.15, 0.2) is 0 Å². The Labute approximate surface area is 86.9 Å². The Kier molecular flexibility index (Phi) is 2.68. The van der Waals surface area contributed by atoms with E-state index in [9.17, 15) is 9.18 Å². The highest BCUT2D eigenvalue weighted by molar-refractivity contribution is 5.77. The minimum Gasteiger partial charge on any atom is -0.387 e. The smallest absolute Gasteiger partial charge is 0.245 e. The molecular formula is C11H12FNO2. The maximum atomic E-state index is 13.3. The predicted octanol–water partition coefficient (Wildman–Crippen LogP) is 0.790. The van der Waals surface area contributed by atoms with Crippen molar-refractivity contribution in [2.75, 3.05) is 6.61 Å². The minimum absolute atomic E-state index is 0.0263. The van der Waals surface area contributed by atoms with Gasteiger partial charge in [-0.15, -0.1) is 0 Å². The highest BCUT2D eigenvalue weighted by Gasteiger charge is 2.40. The first-order valence-electron chi connectivity index (χ1n) is 4.87. The van der Waals surface area contributed by atoms with Crippen molar-refractivity contribution < 1.29 is 14.3 Å². The van der Waals surface area contributed by atoms with Crippen LogP contribution in [0.3, 0.4) is 0 Å². The summed E-state index contributed by atoms with van der Waals surface area (Å²) in [6.45, 7) is -0.513. The van der Waals surface area contributed by atoms with Gasteiger partial charge in [-0.05, 0) is 18.1 Å². The Balaban J connectivity index is 1.99. The lowest BCUT2D eigenvalue weighted by Gasteiger charge is -2.03. The average Bonchev–Trinajstić information content (AvgIpc) is 2.97. The number of aliphatic hydroxyl groups is 1. The number of rotatable bonds is 3. The molecule has 1 saturated carbocycles. The average molecular weight is 209 g/mol. The number of halogens is 1. The van der Waals surface area contributed by atoms with Crippen molar-refractivity contribution in [2.24, 2.45) is 0 Å². The SMILES string of the molecule is O=C(CO)NC1CC1c1ccccc1F. The van der Waals surface area contributed by atoms with E-state index in [0.717, 1.165) is 6.42 Å². The fourth-order valence-corrected chi connectivity index (χ4v) is 1.73. The molecule has 1 aromatic rings. The summed E-state index contributed by atoms with van der Waals surface area (Å²) < 4.78 is 13.3. The molecule has 2 atom stereocenters. The quantitative estimate of drug-likeness (QED) is 0.773. The van der Waals surface area contributed by atoms with E-state index in [0.29, 0.717) is 5.56 Å². The first-order valence-corrected chi connectivity index (χ1v) is 4.87. The van der Waals surface area contributed by atoms with Gasteiger partial charge >= 0.3 is 0 Å². The number of carbonyl (C=O) groups excluding carboxylic acids is 1. The molecule has 0 spiro atoms. The van der Waals surface area contributed by atoms with Gasteiger partial charge < -0.3 is 10.4 Å². The summed E-state index contributed by atoms with van der Waals surface area (Å²) in [6, 6.07) is 6.54. The molecule has 2 N–H and O–H groups in total. The Hall–Kier alpha value is -1.42. The number of hydrogen-bond acceptors (Lipinski definition) is 2. The van der Waals surface area contributed by atoms with E-state index in [2.05, 4.69) is 5.32 Å². The summed E-state index contributed by atoms with van der Waals surface area (Å²) in [7, 11) is 0. The van der Waals surface area contributed by atoms with Crippen molar-refractivity contribution >= 4 is 5.91 Å². The van der Waals surface area contributed by atoms with Gasteiger partial charge in [0.1, 0.15) is 12.4 Å². The Bertz CT molecular complexity index is 381. The minimum atomic E-state index is -0.513. The summed E-state index contributed by atoms with van der Waals surface area (Å²) >= 11 is 0. The van der Waals surface area contributed by atoms with E-state index in [-0.39, 0.29) is 17.8 Å². The van der Waals surface area contributed by atoms with Gasteiger partial charge in [-0.3, -0.25) is 4.79 Å². The molecule has 2 unspecified atom stereocenters. The van der Waals surface area contributed by atoms with Crippen LogP contribution in [-0.2, 0) is 4.79 Å². The molecule has 3 nitrogen and oxygen atoms in total. The summed E-state index contributed by atoms with van der Waals surface area (Å²) in [5.41, 5.74) is 0.640. The van der Waals surface area contributed by atoms with Crippen LogP contribution < -0.4 is 5.32 Å². The van der Waals surface area contributed by atoms with E-state index in [1.54, 1.807) is 18.2 Å². The van der Waals surface area contributed by atoms with Gasteiger partial charge in [0.05, 0.1) is 0 Å². The van der Waals surface area contributed by atoms with Crippen LogP contribution in [-0.4, -0.2) is 23.7 Å². The van der Waals surface area contributed by atoms with Crippen LogP contribution >= 0.6 is 0 Å². The molecule has 0 saturated heterocycles. The zero-order chi connectivity index (χ0) is 10.8. The third kappa shape index (κ3) is 2.15. The topological polar surface area (TPSA) is 49.3 Å². The van der Waals surface area contributed by atoms with E-state index >= 15 is 0 Å². The molecule has 2 rings (SSSR count). The monoisotopic (exact) mass is 209 g/mol. The zero-order valence-corrected chi connectivity index (χ0v) is 8.11. The van der Waals surface area contributed by atoms with Crippen molar-refractivity contribution in [3.05, 3.63) is 35.6 Å². The van der Waals surface area contributed by atoms with Crippen LogP contribution in [0, 0.1) is 5.82 Å². The first-order chi connectivity index (χ1) is 7.22. The molecule has 0 radical (unpaired) electrons. The second-order valence-corrected chi connectivity index (χ2v) is 3.70. The molecule has 1 aromatic carbocycles. The van der Waals surface area contributed by atoms with Crippen LogP contribution in [0.15, 0.2) is 24.3 Å². The third-order valence-corrected chi connectivity index (χ3v) is 2.59. The van der Waals surface area contributed by atoms with E-state index in [1.807, 2.05) is 0 Å². The van der Waals surface area contributed by atoms with Crippen molar-refractivity contribution in [2.45, 2.75) is 18.4 Å². The van der Waals surface area contributed by atoms with Gasteiger partial charge in [0.25, 0.3) is 0 Å². The van der Waals surface area contributed by atoms with Crippen LogP contribution in [0.25, 0.3) is 0 Å². The molecule has 15 heavy (non-hydrogen) atoms. The van der Waals surface area contributed by atoms with Crippen LogP contribution in [0.1, 0.15) is 17.9 Å². The molecule has 1 fully saturated rings. The summed E-state index contributed by atoms with van der Waals surface area (Å²) in [6.07, 6.45) is 0.743. The lowest BCUT2D eigenvalue weighted by atomic mass is 10.1.